The highest BCUT2D eigenvalue weighted by Gasteiger charge is 2.48. The van der Waals surface area contributed by atoms with Crippen LogP contribution >= 0.6 is 0 Å². The number of hydrogen-bond donors (Lipinski definition) is 0. The summed E-state index contributed by atoms with van der Waals surface area (Å²) >= 11 is 0. The monoisotopic (exact) mass is 738 g/mol. The highest BCUT2D eigenvalue weighted by atomic mass is 16.5. The van der Waals surface area contributed by atoms with Crippen molar-refractivity contribution in [3.8, 4) is 0 Å². The fourth-order valence-electron chi connectivity index (χ4n) is 10.0. The van der Waals surface area contributed by atoms with Crippen molar-refractivity contribution in [3.05, 3.63) is 35.9 Å². The van der Waals surface area contributed by atoms with E-state index in [1.54, 1.807) is 19.1 Å². The lowest BCUT2D eigenvalue weighted by atomic mass is 9.83. The van der Waals surface area contributed by atoms with Crippen LogP contribution in [-0.4, -0.2) is 109 Å². The molecule has 298 valence electrons. The number of carbonyl (C=O) groups excluding carboxylic acids is 4. The number of fused-ring (bicyclic) bond motifs is 2. The standard InChI is InChI=1S/C44H71N3O6/c1-11-29(5)41(46(8)44(51)35(28(3)4)26-38(49)42-33-20-21-34(25-33)45(42)7)39(52-9)27-40(50)47-22-16-19-36(47)43(53-10)30(6)37(48)24-31(12-2)23-32-17-14-13-15-18-32/h13-15,17-18,28-31,33-36,39,41-43H,11-12,16,19-27H2,1-10H3/t29-,30-,31+,33-,34+,35-,36-,39+,41-,42-,43+/m0/s1. The number of piperidine rings is 1. The van der Waals surface area contributed by atoms with E-state index in [1.807, 2.05) is 50.9 Å². The van der Waals surface area contributed by atoms with Gasteiger partial charge in [0.2, 0.25) is 11.8 Å². The summed E-state index contributed by atoms with van der Waals surface area (Å²) in [6, 6.07) is 10.2. The van der Waals surface area contributed by atoms with Crippen molar-refractivity contribution in [2.75, 3.05) is 34.9 Å². The van der Waals surface area contributed by atoms with Gasteiger partial charge in [-0.1, -0.05) is 84.7 Å². The van der Waals surface area contributed by atoms with Gasteiger partial charge in [-0.2, -0.15) is 0 Å². The van der Waals surface area contributed by atoms with Gasteiger partial charge >= 0.3 is 0 Å². The quantitative estimate of drug-likeness (QED) is 0.136. The summed E-state index contributed by atoms with van der Waals surface area (Å²) < 4.78 is 12.1. The molecule has 53 heavy (non-hydrogen) atoms. The van der Waals surface area contributed by atoms with Crippen LogP contribution in [-0.2, 0) is 35.1 Å². The zero-order chi connectivity index (χ0) is 39.0. The van der Waals surface area contributed by atoms with Crippen LogP contribution in [0.4, 0.5) is 0 Å². The summed E-state index contributed by atoms with van der Waals surface area (Å²) in [5.74, 6) is 0.166. The zero-order valence-electron chi connectivity index (χ0n) is 34.6. The van der Waals surface area contributed by atoms with Crippen molar-refractivity contribution in [1.29, 1.82) is 0 Å². The minimum Gasteiger partial charge on any atom is -0.379 e. The number of ether oxygens (including phenoxy) is 2. The van der Waals surface area contributed by atoms with Gasteiger partial charge in [0.1, 0.15) is 5.78 Å². The fraction of sp³-hybridized carbons (Fsp3) is 0.773. The average molecular weight is 738 g/mol. The molecule has 11 atom stereocenters. The predicted molar refractivity (Wildman–Crippen MR) is 210 cm³/mol. The number of likely N-dealkylation sites (N-methyl/N-ethyl adjacent to an activating group) is 2. The molecule has 0 spiro atoms. The van der Waals surface area contributed by atoms with Crippen LogP contribution in [0.2, 0.25) is 0 Å². The van der Waals surface area contributed by atoms with E-state index in [-0.39, 0.29) is 78.0 Å². The van der Waals surface area contributed by atoms with Crippen molar-refractivity contribution >= 4 is 23.4 Å². The first-order valence-electron chi connectivity index (χ1n) is 20.7. The maximum Gasteiger partial charge on any atom is 0.226 e. The number of Topliss-reactive ketones (excluding diaryl/α,β-unsaturated/α-hetero) is 2. The summed E-state index contributed by atoms with van der Waals surface area (Å²) in [6.07, 6.45) is 7.43. The molecule has 0 unspecified atom stereocenters. The lowest BCUT2D eigenvalue weighted by molar-refractivity contribution is -0.149. The molecule has 1 aromatic rings. The van der Waals surface area contributed by atoms with Crippen molar-refractivity contribution in [2.24, 2.45) is 35.5 Å². The van der Waals surface area contributed by atoms with Crippen LogP contribution in [0.5, 0.6) is 0 Å². The molecular formula is C44H71N3O6. The van der Waals surface area contributed by atoms with Crippen molar-refractivity contribution in [1.82, 2.24) is 14.7 Å². The molecular weight excluding hydrogens is 666 g/mol. The van der Waals surface area contributed by atoms with Crippen LogP contribution in [0.25, 0.3) is 0 Å². The molecule has 2 saturated heterocycles. The van der Waals surface area contributed by atoms with Crippen LogP contribution in [0.3, 0.4) is 0 Å². The molecule has 0 radical (unpaired) electrons. The zero-order valence-corrected chi connectivity index (χ0v) is 34.6. The first-order valence-corrected chi connectivity index (χ1v) is 20.7. The van der Waals surface area contributed by atoms with Crippen LogP contribution < -0.4 is 0 Å². The molecule has 1 saturated carbocycles. The Morgan fingerprint density at radius 3 is 2.17 bits per heavy atom. The van der Waals surface area contributed by atoms with Gasteiger partial charge in [-0.3, -0.25) is 24.1 Å². The molecule has 0 N–H and O–H groups in total. The maximum atomic E-state index is 14.4. The highest BCUT2D eigenvalue weighted by Crippen LogP contribution is 2.42. The van der Waals surface area contributed by atoms with Crippen molar-refractivity contribution in [3.63, 3.8) is 0 Å². The SMILES string of the molecule is CC[C@@H](CC(=O)[C@H](C)[C@@H](OC)[C@@H]1CCCN1C(=O)C[C@@H](OC)[C@H]([C@@H](C)CC)N(C)C(=O)[C@@H](CC(=O)[C@@H]1[C@H]2CC[C@H](C2)N1C)C(C)C)Cc1ccccc1. The summed E-state index contributed by atoms with van der Waals surface area (Å²) in [5.41, 5.74) is 1.24. The Balaban J connectivity index is 1.44. The Hall–Kier alpha value is -2.62. The molecule has 3 fully saturated rings. The lowest BCUT2D eigenvalue weighted by Gasteiger charge is -2.41. The van der Waals surface area contributed by atoms with Gasteiger partial charge in [0.15, 0.2) is 5.78 Å². The average Bonchev–Trinajstić information content (AvgIpc) is 3.90. The normalized spacial score (nSPS) is 25.5. The second-order valence-corrected chi connectivity index (χ2v) is 17.1. The topological polar surface area (TPSA) is 96.5 Å². The Kier molecular flexibility index (Phi) is 16.1. The minimum atomic E-state index is -0.531. The lowest BCUT2D eigenvalue weighted by Crippen LogP contribution is -2.54. The van der Waals surface area contributed by atoms with E-state index in [0.717, 1.165) is 51.4 Å². The van der Waals surface area contributed by atoms with E-state index in [1.165, 1.54) is 5.56 Å². The number of ketones is 2. The maximum absolute atomic E-state index is 14.4. The van der Waals surface area contributed by atoms with Gasteiger partial charge in [0, 0.05) is 58.5 Å². The Labute approximate surface area is 320 Å². The van der Waals surface area contributed by atoms with E-state index in [2.05, 4.69) is 44.9 Å². The van der Waals surface area contributed by atoms with Gasteiger partial charge in [-0.15, -0.1) is 0 Å². The smallest absolute Gasteiger partial charge is 0.226 e. The third-order valence-electron chi connectivity index (χ3n) is 13.6. The molecule has 9 heteroatoms. The van der Waals surface area contributed by atoms with Gasteiger partial charge < -0.3 is 19.3 Å². The third-order valence-corrected chi connectivity index (χ3v) is 13.6. The van der Waals surface area contributed by atoms with E-state index < -0.39 is 18.1 Å². The molecule has 2 aliphatic heterocycles. The molecule has 2 bridgehead atoms. The fourth-order valence-corrected chi connectivity index (χ4v) is 10.0. The first-order chi connectivity index (χ1) is 25.3. The molecule has 2 amide bonds. The van der Waals surface area contributed by atoms with Crippen LogP contribution in [0.15, 0.2) is 30.3 Å². The summed E-state index contributed by atoms with van der Waals surface area (Å²) in [4.78, 5) is 62.1. The molecule has 2 heterocycles. The molecule has 9 nitrogen and oxygen atoms in total. The third kappa shape index (κ3) is 10.2. The predicted octanol–water partition coefficient (Wildman–Crippen LogP) is 6.85. The molecule has 3 aliphatic rings. The van der Waals surface area contributed by atoms with Crippen molar-refractivity contribution < 1.29 is 28.7 Å². The Morgan fingerprint density at radius 1 is 0.906 bits per heavy atom. The minimum absolute atomic E-state index is 0.00927. The molecule has 1 aliphatic carbocycles. The first kappa shape index (κ1) is 43.1. The van der Waals surface area contributed by atoms with Gasteiger partial charge in [0.25, 0.3) is 0 Å². The number of methoxy groups -OCH3 is 2. The number of rotatable bonds is 21. The highest BCUT2D eigenvalue weighted by molar-refractivity contribution is 5.90. The number of likely N-dealkylation sites (tertiary alicyclic amines) is 2. The number of hydrogen-bond acceptors (Lipinski definition) is 7. The number of nitrogens with zero attached hydrogens (tertiary/aromatic N) is 3. The number of amides is 2. The molecule has 1 aromatic carbocycles. The van der Waals surface area contributed by atoms with E-state index in [0.29, 0.717) is 24.9 Å². The van der Waals surface area contributed by atoms with E-state index in [9.17, 15) is 19.2 Å². The van der Waals surface area contributed by atoms with Gasteiger partial charge in [-0.05, 0) is 74.8 Å². The molecule has 0 aromatic heterocycles. The number of carbonyl (C=O) groups is 4. The second-order valence-electron chi connectivity index (χ2n) is 17.1. The number of benzene rings is 1. The molecule has 4 rings (SSSR count). The van der Waals surface area contributed by atoms with Crippen LogP contribution in [0.1, 0.15) is 111 Å². The largest absolute Gasteiger partial charge is 0.379 e. The summed E-state index contributed by atoms with van der Waals surface area (Å²) in [6.45, 7) is 13.0. The van der Waals surface area contributed by atoms with E-state index >= 15 is 0 Å². The Bertz CT molecular complexity index is 1350. The van der Waals surface area contributed by atoms with Gasteiger partial charge in [-0.25, -0.2) is 0 Å². The Morgan fingerprint density at radius 2 is 1.60 bits per heavy atom. The van der Waals surface area contributed by atoms with E-state index in [4.69, 9.17) is 9.47 Å². The van der Waals surface area contributed by atoms with Crippen LogP contribution in [0, 0.1) is 35.5 Å². The van der Waals surface area contributed by atoms with Crippen molar-refractivity contribution in [2.45, 2.75) is 149 Å². The summed E-state index contributed by atoms with van der Waals surface area (Å²) in [7, 11) is 7.17. The summed E-state index contributed by atoms with van der Waals surface area (Å²) in [5, 5.41) is 0. The van der Waals surface area contributed by atoms with Gasteiger partial charge in [0.05, 0.1) is 36.8 Å². The second kappa shape index (κ2) is 19.8.